The Balaban J connectivity index is 0.761. The van der Waals surface area contributed by atoms with E-state index in [4.69, 9.17) is 21.7 Å². The number of carbonyl (C=O) groups excluding carboxylic acids is 4. The number of amides is 4. The molecule has 388 valence electrons. The highest BCUT2D eigenvalue weighted by molar-refractivity contribution is 7.81. The predicted octanol–water partition coefficient (Wildman–Crippen LogP) is 8.99. The molecule has 4 amide bonds. The highest BCUT2D eigenvalue weighted by atomic mass is 32.1. The number of halogens is 3. The molecule has 1 aromatic heterocycles. The molecule has 0 unspecified atom stereocenters. The van der Waals surface area contributed by atoms with Crippen LogP contribution < -0.4 is 19.9 Å². The molecule has 0 saturated carbocycles. The number of rotatable bonds is 19. The van der Waals surface area contributed by atoms with E-state index in [0.717, 1.165) is 69.1 Å². The number of nitrogens with one attached hydrogen (secondary N) is 1. The van der Waals surface area contributed by atoms with Crippen molar-refractivity contribution in [3.63, 3.8) is 0 Å². The first kappa shape index (κ1) is 53.6. The van der Waals surface area contributed by atoms with E-state index in [1.807, 2.05) is 68.7 Å². The van der Waals surface area contributed by atoms with Gasteiger partial charge in [-0.15, -0.1) is 11.3 Å². The molecule has 19 heteroatoms. The molecular weight excluding hydrogens is 992 g/mol. The third kappa shape index (κ3) is 11.3. The summed E-state index contributed by atoms with van der Waals surface area (Å²) in [4.78, 5) is 66.5. The van der Waals surface area contributed by atoms with E-state index in [2.05, 4.69) is 10.3 Å². The predicted molar refractivity (Wildman–Crippen MR) is 278 cm³/mol. The summed E-state index contributed by atoms with van der Waals surface area (Å²) in [5, 5.41) is 22.9. The van der Waals surface area contributed by atoms with E-state index < -0.39 is 46.9 Å². The third-order valence-electron chi connectivity index (χ3n) is 13.7. The van der Waals surface area contributed by atoms with Gasteiger partial charge in [0, 0.05) is 56.9 Å². The summed E-state index contributed by atoms with van der Waals surface area (Å²) in [6, 6.07) is 23.5. The number of thiocarbonyl (C=S) groups is 1. The smallest absolute Gasteiger partial charge is 0.417 e. The molecule has 0 radical (unpaired) electrons. The minimum Gasteiger partial charge on any atom is -0.494 e. The molecule has 2 N–H and O–H groups in total. The summed E-state index contributed by atoms with van der Waals surface area (Å²) in [5.41, 5.74) is 4.73. The molecule has 8 rings (SSSR count). The Morgan fingerprint density at radius 3 is 2.34 bits per heavy atom. The lowest BCUT2D eigenvalue weighted by molar-refractivity contribution is -0.143. The first-order valence-electron chi connectivity index (χ1n) is 24.6. The number of hydrogen-bond acceptors (Lipinski definition) is 11. The van der Waals surface area contributed by atoms with Crippen molar-refractivity contribution in [2.45, 2.75) is 110 Å². The van der Waals surface area contributed by atoms with Gasteiger partial charge in [-0.2, -0.15) is 18.4 Å². The first-order chi connectivity index (χ1) is 35.3. The van der Waals surface area contributed by atoms with Crippen LogP contribution in [0.25, 0.3) is 10.4 Å². The summed E-state index contributed by atoms with van der Waals surface area (Å²) in [6.45, 7) is 11.0. The van der Waals surface area contributed by atoms with E-state index in [9.17, 15) is 42.7 Å². The zero-order valence-corrected chi connectivity index (χ0v) is 43.4. The standard InChI is InChI=1S/C55H58F3N7O7S2/c1-33(2)47(51(69)62-31-42(66)27-46(62)49(67)60-29-36-10-13-37(14-11-36)48-34(3)61-32-74-48)63-30-39-25-35(12-21-44(39)50(63)68)9-6-7-22-71-23-8-24-72-43-19-17-40(18-20-43)65-53(73)64(52(70)54(65,4)5)41-16-15-38(28-59)45(26-41)55(56,57)58/h10-21,25-26,32-33,42,46-47,66H,6-9,22-24,27,29-31H2,1-5H3,(H,60,67)/t42-,46+,47+/m1/s1. The Hall–Kier alpha value is -6.72. The van der Waals surface area contributed by atoms with Crippen LogP contribution in [0.4, 0.5) is 24.5 Å². The summed E-state index contributed by atoms with van der Waals surface area (Å²) >= 11 is 7.21. The van der Waals surface area contributed by atoms with Gasteiger partial charge in [-0.3, -0.25) is 24.1 Å². The van der Waals surface area contributed by atoms with Crippen LogP contribution in [-0.2, 0) is 44.8 Å². The Labute approximate surface area is 437 Å². The van der Waals surface area contributed by atoms with Crippen LogP contribution in [0.15, 0.2) is 90.4 Å². The molecule has 3 aliphatic rings. The maximum Gasteiger partial charge on any atom is 0.417 e. The van der Waals surface area contributed by atoms with Gasteiger partial charge in [0.2, 0.25) is 11.8 Å². The molecule has 4 heterocycles. The number of aliphatic hydroxyl groups excluding tert-OH is 1. The van der Waals surface area contributed by atoms with Gasteiger partial charge in [-0.1, -0.05) is 50.2 Å². The van der Waals surface area contributed by atoms with E-state index in [1.54, 1.807) is 65.3 Å². The molecule has 2 fully saturated rings. The van der Waals surface area contributed by atoms with Crippen LogP contribution in [-0.4, -0.2) is 98.7 Å². The Morgan fingerprint density at radius 2 is 1.66 bits per heavy atom. The number of benzene rings is 4. The molecule has 2 saturated heterocycles. The lowest BCUT2D eigenvalue weighted by Crippen LogP contribution is -2.55. The molecule has 3 atom stereocenters. The highest BCUT2D eigenvalue weighted by Crippen LogP contribution is 2.40. The largest absolute Gasteiger partial charge is 0.494 e. The topological polar surface area (TPSA) is 169 Å². The average molecular weight is 1050 g/mol. The van der Waals surface area contributed by atoms with Crippen molar-refractivity contribution in [3.05, 3.63) is 130 Å². The monoisotopic (exact) mass is 1050 g/mol. The zero-order valence-electron chi connectivity index (χ0n) is 41.8. The van der Waals surface area contributed by atoms with E-state index >= 15 is 0 Å². The number of thiazole rings is 1. The zero-order chi connectivity index (χ0) is 53.1. The van der Waals surface area contributed by atoms with E-state index in [0.29, 0.717) is 43.2 Å². The fourth-order valence-electron chi connectivity index (χ4n) is 9.83. The van der Waals surface area contributed by atoms with Crippen molar-refractivity contribution in [3.8, 4) is 22.3 Å². The number of aromatic nitrogens is 1. The van der Waals surface area contributed by atoms with Gasteiger partial charge in [0.15, 0.2) is 5.11 Å². The summed E-state index contributed by atoms with van der Waals surface area (Å²) in [5.74, 6) is -1.14. The van der Waals surface area contributed by atoms with Crippen molar-refractivity contribution in [1.82, 2.24) is 20.1 Å². The number of ether oxygens (including phenoxy) is 2. The van der Waals surface area contributed by atoms with Gasteiger partial charge in [0.25, 0.3) is 11.8 Å². The molecule has 74 heavy (non-hydrogen) atoms. The lowest BCUT2D eigenvalue weighted by Gasteiger charge is -2.35. The molecule has 0 spiro atoms. The number of alkyl halides is 3. The number of carbonyl (C=O) groups is 4. The number of fused-ring (bicyclic) bond motifs is 1. The number of hydrogen-bond donors (Lipinski definition) is 2. The van der Waals surface area contributed by atoms with E-state index in [-0.39, 0.29) is 60.5 Å². The number of aliphatic hydroxyl groups is 1. The molecule has 0 bridgehead atoms. The molecular formula is C55H58F3N7O7S2. The van der Waals surface area contributed by atoms with Gasteiger partial charge in [-0.25, -0.2) is 4.98 Å². The lowest BCUT2D eigenvalue weighted by atomic mass is 10.0. The summed E-state index contributed by atoms with van der Waals surface area (Å²) in [7, 11) is 0. The number of likely N-dealkylation sites (tertiary alicyclic amines) is 1. The maximum absolute atomic E-state index is 14.3. The van der Waals surface area contributed by atoms with Crippen LogP contribution in [0.2, 0.25) is 0 Å². The van der Waals surface area contributed by atoms with Crippen molar-refractivity contribution in [2.75, 3.05) is 36.2 Å². The SMILES string of the molecule is Cc1ncsc1-c1ccc(CNC(=O)[C@@H]2C[C@@H](O)CN2C(=O)[C@H](C(C)C)N2Cc3cc(CCCCOCCCOc4ccc(N5C(=S)N(c6ccc(C#N)c(C(F)(F)F)c6)C(=O)C5(C)C)cc4)ccc3C2=O)cc1. The van der Waals surface area contributed by atoms with Gasteiger partial charge in [0.05, 0.1) is 51.7 Å². The number of β-amino-alcohol motifs (C(OH)–C–C–N with tert-alkyl or cyclic N) is 1. The van der Waals surface area contributed by atoms with Gasteiger partial charge >= 0.3 is 6.18 Å². The van der Waals surface area contributed by atoms with Crippen LogP contribution >= 0.6 is 23.6 Å². The summed E-state index contributed by atoms with van der Waals surface area (Å²) < 4.78 is 53.0. The average Bonchev–Trinajstić information content (AvgIpc) is 4.11. The molecule has 0 aliphatic carbocycles. The second-order valence-corrected chi connectivity index (χ2v) is 20.8. The second-order valence-electron chi connectivity index (χ2n) is 19.6. The molecule has 14 nitrogen and oxygen atoms in total. The van der Waals surface area contributed by atoms with Crippen molar-refractivity contribution in [2.24, 2.45) is 5.92 Å². The van der Waals surface area contributed by atoms with Crippen LogP contribution in [0.3, 0.4) is 0 Å². The third-order valence-corrected chi connectivity index (χ3v) is 15.0. The quantitative estimate of drug-likeness (QED) is 0.0598. The van der Waals surface area contributed by atoms with Crippen LogP contribution in [0, 0.1) is 24.2 Å². The van der Waals surface area contributed by atoms with Gasteiger partial charge in [-0.05, 0) is 129 Å². The number of unbranched alkanes of at least 4 members (excludes halogenated alkanes) is 1. The Bertz CT molecular complexity index is 2960. The van der Waals surface area contributed by atoms with Gasteiger partial charge in [0.1, 0.15) is 23.4 Å². The number of aryl methyl sites for hydroxylation is 2. The fourth-order valence-corrected chi connectivity index (χ4v) is 11.2. The highest BCUT2D eigenvalue weighted by Gasteiger charge is 2.51. The number of nitrogens with zero attached hydrogens (tertiary/aromatic N) is 6. The van der Waals surface area contributed by atoms with Crippen molar-refractivity contribution >= 4 is 63.7 Å². The molecule has 4 aromatic carbocycles. The van der Waals surface area contributed by atoms with Crippen LogP contribution in [0.1, 0.15) is 97.2 Å². The summed E-state index contributed by atoms with van der Waals surface area (Å²) in [6.07, 6.45) is -2.49. The number of anilines is 2. The van der Waals surface area contributed by atoms with Crippen molar-refractivity contribution < 1.29 is 46.9 Å². The number of nitriles is 1. The van der Waals surface area contributed by atoms with Gasteiger partial charge < -0.3 is 34.6 Å². The van der Waals surface area contributed by atoms with Crippen molar-refractivity contribution in [1.29, 1.82) is 5.26 Å². The second kappa shape index (κ2) is 22.4. The normalized spacial score (nSPS) is 17.8. The minimum absolute atomic E-state index is 0.00118. The first-order valence-corrected chi connectivity index (χ1v) is 25.9. The Kier molecular flexibility index (Phi) is 16.2. The van der Waals surface area contributed by atoms with E-state index in [1.165, 1.54) is 11.0 Å². The molecule has 5 aromatic rings. The molecule has 3 aliphatic heterocycles. The Morgan fingerprint density at radius 1 is 0.959 bits per heavy atom. The van der Waals surface area contributed by atoms with Crippen LogP contribution in [0.5, 0.6) is 5.75 Å². The fraction of sp³-hybridized carbons (Fsp3) is 0.400. The minimum atomic E-state index is -4.80. The maximum atomic E-state index is 14.3.